The molecule has 0 saturated carbocycles. The summed E-state index contributed by atoms with van der Waals surface area (Å²) in [7, 11) is 0. The Bertz CT molecular complexity index is 350. The van der Waals surface area contributed by atoms with Crippen molar-refractivity contribution < 1.29 is 9.90 Å². The number of carboxylic acids is 1. The number of hydrogen-bond donors (Lipinski definition) is 1. The third-order valence-electron chi connectivity index (χ3n) is 2.25. The van der Waals surface area contributed by atoms with Gasteiger partial charge in [0.15, 0.2) is 0 Å². The molecule has 0 spiro atoms. The minimum atomic E-state index is -0.782. The zero-order valence-electron chi connectivity index (χ0n) is 6.77. The maximum absolute atomic E-state index is 10.7. The predicted octanol–water partition coefficient (Wildman–Crippen LogP) is 0.579. The van der Waals surface area contributed by atoms with Crippen molar-refractivity contribution in [3.8, 4) is 0 Å². The standard InChI is InChI=1S/C7H8ClN3O2/c8-7-10-9-5-2-1-4(6(12)13)3-11(5)7/h4H,1-3H2,(H,12,13). The summed E-state index contributed by atoms with van der Waals surface area (Å²) in [4.78, 5) is 10.7. The molecule has 1 aliphatic rings. The molecule has 6 heteroatoms. The molecule has 1 aliphatic heterocycles. The number of aliphatic carboxylic acids is 1. The lowest BCUT2D eigenvalue weighted by atomic mass is 10.00. The van der Waals surface area contributed by atoms with Gasteiger partial charge in [-0.2, -0.15) is 0 Å². The number of halogens is 1. The molecule has 0 fully saturated rings. The molecule has 1 N–H and O–H groups in total. The average molecular weight is 202 g/mol. The Morgan fingerprint density at radius 1 is 1.62 bits per heavy atom. The van der Waals surface area contributed by atoms with Crippen molar-refractivity contribution in [1.29, 1.82) is 0 Å². The van der Waals surface area contributed by atoms with Crippen LogP contribution < -0.4 is 0 Å². The molecular weight excluding hydrogens is 194 g/mol. The molecule has 0 aliphatic carbocycles. The molecule has 0 aromatic carbocycles. The van der Waals surface area contributed by atoms with Crippen molar-refractivity contribution in [3.05, 3.63) is 11.1 Å². The van der Waals surface area contributed by atoms with Crippen LogP contribution in [0.1, 0.15) is 12.2 Å². The fraction of sp³-hybridized carbons (Fsp3) is 0.571. The number of nitrogens with zero attached hydrogens (tertiary/aromatic N) is 3. The SMILES string of the molecule is O=C(O)C1CCc2nnc(Cl)n2C1. The quantitative estimate of drug-likeness (QED) is 0.722. The summed E-state index contributed by atoms with van der Waals surface area (Å²) in [5.41, 5.74) is 0. The van der Waals surface area contributed by atoms with Gasteiger partial charge in [-0.25, -0.2) is 0 Å². The van der Waals surface area contributed by atoms with Crippen molar-refractivity contribution >= 4 is 17.6 Å². The van der Waals surface area contributed by atoms with Crippen LogP contribution >= 0.6 is 11.6 Å². The molecule has 1 atom stereocenters. The maximum atomic E-state index is 10.7. The fourth-order valence-corrected chi connectivity index (χ4v) is 1.70. The molecule has 13 heavy (non-hydrogen) atoms. The van der Waals surface area contributed by atoms with E-state index in [1.807, 2.05) is 0 Å². The highest BCUT2D eigenvalue weighted by Crippen LogP contribution is 2.21. The van der Waals surface area contributed by atoms with Crippen molar-refractivity contribution in [2.75, 3.05) is 0 Å². The zero-order valence-corrected chi connectivity index (χ0v) is 7.53. The predicted molar refractivity (Wildman–Crippen MR) is 44.5 cm³/mol. The minimum Gasteiger partial charge on any atom is -0.481 e. The molecule has 0 amide bonds. The topological polar surface area (TPSA) is 68.0 Å². The highest BCUT2D eigenvalue weighted by Gasteiger charge is 2.26. The van der Waals surface area contributed by atoms with Gasteiger partial charge in [-0.3, -0.25) is 4.79 Å². The lowest BCUT2D eigenvalue weighted by Crippen LogP contribution is -2.26. The highest BCUT2D eigenvalue weighted by molar-refractivity contribution is 6.28. The van der Waals surface area contributed by atoms with E-state index in [2.05, 4.69) is 10.2 Å². The Morgan fingerprint density at radius 2 is 2.38 bits per heavy atom. The Labute approximate surface area is 79.3 Å². The van der Waals surface area contributed by atoms with Gasteiger partial charge < -0.3 is 9.67 Å². The second-order valence-corrected chi connectivity index (χ2v) is 3.41. The smallest absolute Gasteiger partial charge is 0.308 e. The van der Waals surface area contributed by atoms with Crippen LogP contribution in [-0.4, -0.2) is 25.8 Å². The van der Waals surface area contributed by atoms with Gasteiger partial charge in [0.25, 0.3) is 0 Å². The lowest BCUT2D eigenvalue weighted by Gasteiger charge is -2.19. The van der Waals surface area contributed by atoms with Crippen LogP contribution in [0.15, 0.2) is 0 Å². The van der Waals surface area contributed by atoms with E-state index in [9.17, 15) is 4.79 Å². The Hall–Kier alpha value is -1.10. The van der Waals surface area contributed by atoms with Gasteiger partial charge in [-0.15, -0.1) is 10.2 Å². The van der Waals surface area contributed by atoms with Crippen LogP contribution in [0, 0.1) is 5.92 Å². The second-order valence-electron chi connectivity index (χ2n) is 3.07. The summed E-state index contributed by atoms with van der Waals surface area (Å²) in [6, 6.07) is 0. The number of carbonyl (C=O) groups is 1. The fourth-order valence-electron chi connectivity index (χ4n) is 1.50. The molecular formula is C7H8ClN3O2. The van der Waals surface area contributed by atoms with Gasteiger partial charge in [-0.1, -0.05) is 0 Å². The van der Waals surface area contributed by atoms with Crippen molar-refractivity contribution in [2.24, 2.45) is 5.92 Å². The van der Waals surface area contributed by atoms with Gasteiger partial charge in [0.2, 0.25) is 5.28 Å². The number of aryl methyl sites for hydroxylation is 1. The van der Waals surface area contributed by atoms with E-state index in [4.69, 9.17) is 16.7 Å². The minimum absolute atomic E-state index is 0.279. The van der Waals surface area contributed by atoms with E-state index >= 15 is 0 Å². The molecule has 70 valence electrons. The number of carboxylic acid groups (broad SMARTS) is 1. The van der Waals surface area contributed by atoms with E-state index in [1.165, 1.54) is 0 Å². The van der Waals surface area contributed by atoms with E-state index in [-0.39, 0.29) is 11.2 Å². The zero-order chi connectivity index (χ0) is 9.42. The van der Waals surface area contributed by atoms with E-state index < -0.39 is 5.97 Å². The first-order valence-electron chi connectivity index (χ1n) is 3.99. The average Bonchev–Trinajstić information content (AvgIpc) is 2.47. The van der Waals surface area contributed by atoms with Crippen LogP contribution in [0.5, 0.6) is 0 Å². The Balaban J connectivity index is 2.27. The van der Waals surface area contributed by atoms with Gasteiger partial charge in [0, 0.05) is 13.0 Å². The molecule has 1 unspecified atom stereocenters. The summed E-state index contributed by atoms with van der Waals surface area (Å²) < 4.78 is 1.66. The third-order valence-corrected chi connectivity index (χ3v) is 2.53. The van der Waals surface area contributed by atoms with E-state index in [0.717, 1.165) is 5.82 Å². The monoisotopic (exact) mass is 201 g/mol. The molecule has 2 heterocycles. The number of hydrogen-bond acceptors (Lipinski definition) is 3. The molecule has 0 bridgehead atoms. The lowest BCUT2D eigenvalue weighted by molar-refractivity contribution is -0.142. The first kappa shape index (κ1) is 8.50. The summed E-state index contributed by atoms with van der Waals surface area (Å²) in [5, 5.41) is 16.6. The Kier molecular flexibility index (Phi) is 1.95. The largest absolute Gasteiger partial charge is 0.481 e. The van der Waals surface area contributed by atoms with Crippen molar-refractivity contribution in [2.45, 2.75) is 19.4 Å². The number of fused-ring (bicyclic) bond motifs is 1. The number of rotatable bonds is 1. The summed E-state index contributed by atoms with van der Waals surface area (Å²) >= 11 is 5.72. The van der Waals surface area contributed by atoms with E-state index in [1.54, 1.807) is 4.57 Å². The van der Waals surface area contributed by atoms with Crippen molar-refractivity contribution in [3.63, 3.8) is 0 Å². The van der Waals surface area contributed by atoms with Gasteiger partial charge in [0.1, 0.15) is 5.82 Å². The summed E-state index contributed by atoms with van der Waals surface area (Å²) in [6.07, 6.45) is 1.25. The normalized spacial score (nSPS) is 21.2. The van der Waals surface area contributed by atoms with Gasteiger partial charge >= 0.3 is 5.97 Å². The third kappa shape index (κ3) is 1.39. The van der Waals surface area contributed by atoms with Crippen LogP contribution in [0.3, 0.4) is 0 Å². The maximum Gasteiger partial charge on any atom is 0.308 e. The van der Waals surface area contributed by atoms with Gasteiger partial charge in [-0.05, 0) is 18.0 Å². The van der Waals surface area contributed by atoms with Gasteiger partial charge in [0.05, 0.1) is 5.92 Å². The first-order valence-corrected chi connectivity index (χ1v) is 4.36. The molecule has 1 aromatic rings. The molecule has 0 saturated heterocycles. The highest BCUT2D eigenvalue weighted by atomic mass is 35.5. The van der Waals surface area contributed by atoms with E-state index in [0.29, 0.717) is 19.4 Å². The number of aromatic nitrogens is 3. The first-order chi connectivity index (χ1) is 6.18. The molecule has 1 aromatic heterocycles. The van der Waals surface area contributed by atoms with Crippen LogP contribution in [0.25, 0.3) is 0 Å². The Morgan fingerprint density at radius 3 is 3.08 bits per heavy atom. The van der Waals surface area contributed by atoms with Crippen LogP contribution in [-0.2, 0) is 17.8 Å². The van der Waals surface area contributed by atoms with Crippen LogP contribution in [0.2, 0.25) is 5.28 Å². The second kappa shape index (κ2) is 2.99. The molecule has 5 nitrogen and oxygen atoms in total. The van der Waals surface area contributed by atoms with Crippen molar-refractivity contribution in [1.82, 2.24) is 14.8 Å². The summed E-state index contributed by atoms with van der Waals surface area (Å²) in [6.45, 7) is 0.385. The molecule has 0 radical (unpaired) electrons. The van der Waals surface area contributed by atoms with Crippen LogP contribution in [0.4, 0.5) is 0 Å². The molecule has 2 rings (SSSR count). The summed E-state index contributed by atoms with van der Waals surface area (Å²) in [5.74, 6) is -0.362.